The minimum atomic E-state index is -4.36. The summed E-state index contributed by atoms with van der Waals surface area (Å²) in [5.41, 5.74) is 0. The van der Waals surface area contributed by atoms with E-state index in [1.54, 1.807) is 6.08 Å². The van der Waals surface area contributed by atoms with Gasteiger partial charge in [-0.1, -0.05) is 359 Å². The number of nitrogens with one attached hydrogen (secondary N) is 1. The Morgan fingerprint density at radius 3 is 0.976 bits per heavy atom. The van der Waals surface area contributed by atoms with Crippen molar-refractivity contribution in [1.82, 2.24) is 5.32 Å². The minimum Gasteiger partial charge on any atom is -0.387 e. The highest BCUT2D eigenvalue weighted by Gasteiger charge is 2.28. The molecule has 9 heteroatoms. The molecule has 0 aromatic rings. The fourth-order valence-electron chi connectivity index (χ4n) is 11.2. The van der Waals surface area contributed by atoms with Crippen LogP contribution in [0.5, 0.6) is 0 Å². The van der Waals surface area contributed by atoms with Gasteiger partial charge in [-0.2, -0.15) is 0 Å². The molecule has 0 rings (SSSR count). The Hall–Kier alpha value is -1.28. The van der Waals surface area contributed by atoms with E-state index in [9.17, 15) is 19.4 Å². The molecule has 0 aliphatic heterocycles. The van der Waals surface area contributed by atoms with Crippen molar-refractivity contribution in [3.63, 3.8) is 0 Å². The van der Waals surface area contributed by atoms with Gasteiger partial charge < -0.3 is 19.8 Å². The topological polar surface area (TPSA) is 105 Å². The Morgan fingerprint density at radius 1 is 0.402 bits per heavy atom. The third-order valence-corrected chi connectivity index (χ3v) is 17.8. The van der Waals surface area contributed by atoms with Crippen molar-refractivity contribution in [2.75, 3.05) is 40.9 Å². The number of carbonyl (C=O) groups is 1. The van der Waals surface area contributed by atoms with Crippen LogP contribution in [-0.2, 0) is 18.4 Å². The first-order valence-corrected chi connectivity index (χ1v) is 37.9. The molecule has 0 bridgehead atoms. The Morgan fingerprint density at radius 2 is 0.671 bits per heavy atom. The van der Waals surface area contributed by atoms with Crippen LogP contribution in [0, 0.1) is 0 Å². The summed E-state index contributed by atoms with van der Waals surface area (Å²) in [5.74, 6) is -0.183. The molecule has 0 spiro atoms. The summed E-state index contributed by atoms with van der Waals surface area (Å²) in [4.78, 5) is 23.4. The van der Waals surface area contributed by atoms with Crippen LogP contribution < -0.4 is 5.32 Å². The molecule has 0 fully saturated rings. The number of phosphoric ester groups is 1. The Kier molecular flexibility index (Phi) is 63.2. The highest BCUT2D eigenvalue weighted by Crippen LogP contribution is 2.43. The number of quaternary nitrogens is 1. The SMILES string of the molecule is CCCCCCCCCCCCCCC/C=C/CC/C=C/CC/C=C/C(O)C(COP(=O)(O)OCC[N+](C)(C)C)NC(=O)CCCCCCCCCCCCCCCCCCCCCCCCCCCCCCCCCCCCCCC. The lowest BCUT2D eigenvalue weighted by molar-refractivity contribution is -0.870. The maximum Gasteiger partial charge on any atom is 0.472 e. The molecule has 486 valence electrons. The quantitative estimate of drug-likeness (QED) is 0.0243. The van der Waals surface area contributed by atoms with Gasteiger partial charge in [0, 0.05) is 6.42 Å². The second kappa shape index (κ2) is 64.2. The average molecular weight is 1180 g/mol. The fourth-order valence-corrected chi connectivity index (χ4v) is 11.9. The van der Waals surface area contributed by atoms with Crippen molar-refractivity contribution < 1.29 is 32.9 Å². The monoisotopic (exact) mass is 1180 g/mol. The van der Waals surface area contributed by atoms with E-state index in [1.165, 1.54) is 308 Å². The van der Waals surface area contributed by atoms with Gasteiger partial charge in [0.2, 0.25) is 5.91 Å². The third-order valence-electron chi connectivity index (χ3n) is 16.8. The van der Waals surface area contributed by atoms with Crippen LogP contribution in [-0.4, -0.2) is 73.4 Å². The predicted molar refractivity (Wildman–Crippen MR) is 360 cm³/mol. The molecule has 0 aliphatic rings. The number of hydrogen-bond donors (Lipinski definition) is 3. The van der Waals surface area contributed by atoms with Gasteiger partial charge in [-0.15, -0.1) is 0 Å². The second-order valence-corrected chi connectivity index (χ2v) is 27.8. The van der Waals surface area contributed by atoms with Crippen LogP contribution in [0.3, 0.4) is 0 Å². The lowest BCUT2D eigenvalue weighted by Crippen LogP contribution is -2.45. The Labute approximate surface area is 512 Å². The van der Waals surface area contributed by atoms with Crippen molar-refractivity contribution in [1.29, 1.82) is 0 Å². The van der Waals surface area contributed by atoms with Crippen LogP contribution >= 0.6 is 7.82 Å². The maximum absolute atomic E-state index is 13.0. The Bertz CT molecular complexity index is 1430. The predicted octanol–water partition coefficient (Wildman–Crippen LogP) is 23.2. The number of rotatable bonds is 68. The van der Waals surface area contributed by atoms with Crippen molar-refractivity contribution >= 4 is 13.7 Å². The minimum absolute atomic E-state index is 0.0554. The molecule has 3 unspecified atom stereocenters. The molecule has 82 heavy (non-hydrogen) atoms. The molecule has 0 aliphatic carbocycles. The van der Waals surface area contributed by atoms with E-state index >= 15 is 0 Å². The largest absolute Gasteiger partial charge is 0.472 e. The van der Waals surface area contributed by atoms with Crippen LogP contribution in [0.1, 0.15) is 373 Å². The standard InChI is InChI=1S/C73H143N2O6P/c1-6-8-10-12-14-16-18-20-22-24-26-28-30-31-32-33-34-35-36-37-38-39-40-41-42-43-45-47-49-51-53-55-57-59-61-63-65-67-73(77)74-71(70-81-82(78,79)80-69-68-75(3,4)5)72(76)66-64-62-60-58-56-54-52-50-48-46-44-29-27-25-23-21-19-17-15-13-11-9-7-2/h48,50,56,58,64,66,71-72,76H,6-47,49,51-55,57,59-63,65,67-70H2,1-5H3,(H-,74,77,78,79)/p+1/b50-48+,58-56+,66-64+. The molecule has 0 aromatic carbocycles. The zero-order chi connectivity index (χ0) is 59.8. The van der Waals surface area contributed by atoms with Crippen LogP contribution in [0.2, 0.25) is 0 Å². The molecule has 0 radical (unpaired) electrons. The third kappa shape index (κ3) is 66.2. The van der Waals surface area contributed by atoms with E-state index in [1.807, 2.05) is 27.2 Å². The van der Waals surface area contributed by atoms with E-state index in [0.29, 0.717) is 17.4 Å². The second-order valence-electron chi connectivity index (χ2n) is 26.3. The normalized spacial score (nSPS) is 13.8. The zero-order valence-corrected chi connectivity index (χ0v) is 56.7. The van der Waals surface area contributed by atoms with Crippen LogP contribution in [0.4, 0.5) is 0 Å². The van der Waals surface area contributed by atoms with Crippen molar-refractivity contribution in [3.05, 3.63) is 36.5 Å². The van der Waals surface area contributed by atoms with Gasteiger partial charge >= 0.3 is 7.82 Å². The number of aliphatic hydroxyl groups excluding tert-OH is 1. The first kappa shape index (κ1) is 80.7. The number of phosphoric acid groups is 1. The van der Waals surface area contributed by atoms with E-state index < -0.39 is 20.0 Å². The number of carbonyl (C=O) groups excluding carboxylic acids is 1. The lowest BCUT2D eigenvalue weighted by atomic mass is 10.0. The summed E-state index contributed by atoms with van der Waals surface area (Å²) in [6.45, 7) is 4.85. The molecule has 1 amide bonds. The van der Waals surface area contributed by atoms with E-state index in [4.69, 9.17) is 9.05 Å². The van der Waals surface area contributed by atoms with Crippen molar-refractivity contribution in [2.45, 2.75) is 386 Å². The van der Waals surface area contributed by atoms with Gasteiger partial charge in [-0.3, -0.25) is 13.8 Å². The molecule has 3 atom stereocenters. The summed E-state index contributed by atoms with van der Waals surface area (Å²) in [6, 6.07) is -0.869. The van der Waals surface area contributed by atoms with E-state index in [0.717, 1.165) is 44.9 Å². The number of unbranched alkanes of at least 4 members (excludes halogenated alkanes) is 51. The highest BCUT2D eigenvalue weighted by atomic mass is 31.2. The van der Waals surface area contributed by atoms with Crippen molar-refractivity contribution in [2.24, 2.45) is 0 Å². The lowest BCUT2D eigenvalue weighted by Gasteiger charge is -2.25. The van der Waals surface area contributed by atoms with E-state index in [2.05, 4.69) is 43.5 Å². The first-order valence-electron chi connectivity index (χ1n) is 36.4. The number of likely N-dealkylation sites (N-methyl/N-ethyl adjacent to an activating group) is 1. The van der Waals surface area contributed by atoms with E-state index in [-0.39, 0.29) is 19.1 Å². The summed E-state index contributed by atoms with van der Waals surface area (Å²) in [5, 5.41) is 14.0. The first-order chi connectivity index (χ1) is 40.0. The maximum atomic E-state index is 13.0. The van der Waals surface area contributed by atoms with Crippen molar-refractivity contribution in [3.8, 4) is 0 Å². The summed E-state index contributed by atoms with van der Waals surface area (Å²) >= 11 is 0. The molecular weight excluding hydrogens is 1030 g/mol. The molecule has 0 saturated heterocycles. The zero-order valence-electron chi connectivity index (χ0n) is 55.8. The van der Waals surface area contributed by atoms with Gasteiger partial charge in [-0.05, 0) is 44.9 Å². The summed E-state index contributed by atoms with van der Waals surface area (Å²) < 4.78 is 23.8. The van der Waals surface area contributed by atoms with Gasteiger partial charge in [0.05, 0.1) is 39.9 Å². The van der Waals surface area contributed by atoms with Gasteiger partial charge in [0.25, 0.3) is 0 Å². The number of aliphatic hydroxyl groups is 1. The number of hydrogen-bond acceptors (Lipinski definition) is 5. The van der Waals surface area contributed by atoms with Gasteiger partial charge in [0.1, 0.15) is 13.2 Å². The molecule has 3 N–H and O–H groups in total. The molecule has 8 nitrogen and oxygen atoms in total. The smallest absolute Gasteiger partial charge is 0.387 e. The molecule has 0 heterocycles. The molecule has 0 saturated carbocycles. The van der Waals surface area contributed by atoms with Gasteiger partial charge in [-0.25, -0.2) is 4.57 Å². The number of nitrogens with zero attached hydrogens (tertiary/aromatic N) is 1. The summed E-state index contributed by atoms with van der Waals surface area (Å²) in [6.07, 6.45) is 86.1. The van der Waals surface area contributed by atoms with Gasteiger partial charge in [0.15, 0.2) is 0 Å². The molecular formula is C73H144N2O6P+. The Balaban J connectivity index is 3.99. The molecule has 0 aromatic heterocycles. The highest BCUT2D eigenvalue weighted by molar-refractivity contribution is 7.47. The summed E-state index contributed by atoms with van der Waals surface area (Å²) in [7, 11) is 1.56. The number of amides is 1. The fraction of sp³-hybridized carbons (Fsp3) is 0.904. The van der Waals surface area contributed by atoms with Crippen LogP contribution in [0.15, 0.2) is 36.5 Å². The average Bonchev–Trinajstić information content (AvgIpc) is 3.47. The van der Waals surface area contributed by atoms with Crippen LogP contribution in [0.25, 0.3) is 0 Å². The number of allylic oxidation sites excluding steroid dienone is 5.